The molecule has 0 radical (unpaired) electrons. The maximum Gasteiger partial charge on any atom is 0.411 e. The van der Waals surface area contributed by atoms with Gasteiger partial charge in [0.1, 0.15) is 5.60 Å². The number of carboxylic acid groups (broad SMARTS) is 1. The normalized spacial score (nSPS) is 31.8. The minimum atomic E-state index is -1.29. The van der Waals surface area contributed by atoms with Crippen molar-refractivity contribution in [3.8, 4) is 0 Å². The lowest BCUT2D eigenvalue weighted by Gasteiger charge is -2.47. The summed E-state index contributed by atoms with van der Waals surface area (Å²) < 4.78 is 11.1. The number of nitrogens with zero attached hydrogens (tertiary/aromatic N) is 2. The van der Waals surface area contributed by atoms with Gasteiger partial charge < -0.3 is 14.6 Å². The highest BCUT2D eigenvalue weighted by atomic mass is 16.6. The average molecular weight is 328 g/mol. The first-order chi connectivity index (χ1) is 10.6. The van der Waals surface area contributed by atoms with E-state index in [1.807, 2.05) is 6.92 Å². The van der Waals surface area contributed by atoms with Gasteiger partial charge in [0.05, 0.1) is 6.10 Å². The van der Waals surface area contributed by atoms with Crippen molar-refractivity contribution in [2.75, 3.05) is 26.2 Å². The summed E-state index contributed by atoms with van der Waals surface area (Å²) >= 11 is 0. The van der Waals surface area contributed by atoms with Crippen molar-refractivity contribution in [3.05, 3.63) is 0 Å². The maximum atomic E-state index is 12.5. The van der Waals surface area contributed by atoms with Gasteiger partial charge in [-0.25, -0.2) is 9.59 Å². The second-order valence-electron chi connectivity index (χ2n) is 7.57. The van der Waals surface area contributed by atoms with Gasteiger partial charge in [-0.15, -0.1) is 0 Å². The van der Waals surface area contributed by atoms with Crippen molar-refractivity contribution in [3.63, 3.8) is 0 Å². The highest BCUT2D eigenvalue weighted by molar-refractivity contribution is 5.84. The van der Waals surface area contributed by atoms with Crippen LogP contribution in [0.25, 0.3) is 0 Å². The van der Waals surface area contributed by atoms with Crippen LogP contribution in [0.1, 0.15) is 41.0 Å². The minimum absolute atomic E-state index is 0.0987. The fraction of sp³-hybridized carbons (Fsp3) is 0.875. The summed E-state index contributed by atoms with van der Waals surface area (Å²) in [5.41, 5.74) is -1.95. The number of hydrogen-bond donors (Lipinski definition) is 1. The van der Waals surface area contributed by atoms with E-state index in [1.165, 1.54) is 4.90 Å². The molecule has 7 nitrogen and oxygen atoms in total. The van der Waals surface area contributed by atoms with Gasteiger partial charge in [0, 0.05) is 32.3 Å². The highest BCUT2D eigenvalue weighted by Crippen LogP contribution is 2.33. The molecule has 2 saturated heterocycles. The van der Waals surface area contributed by atoms with Crippen molar-refractivity contribution in [2.45, 2.75) is 64.3 Å². The molecule has 7 heteroatoms. The molecule has 0 bridgehead atoms. The number of rotatable bonds is 3. The van der Waals surface area contributed by atoms with Gasteiger partial charge in [-0.05, 0) is 41.0 Å². The van der Waals surface area contributed by atoms with E-state index in [-0.39, 0.29) is 18.7 Å². The predicted molar refractivity (Wildman–Crippen MR) is 84.4 cm³/mol. The Kier molecular flexibility index (Phi) is 4.92. The summed E-state index contributed by atoms with van der Waals surface area (Å²) in [7, 11) is 0. The zero-order chi connectivity index (χ0) is 17.4. The first kappa shape index (κ1) is 18.0. The van der Waals surface area contributed by atoms with Crippen molar-refractivity contribution in [2.24, 2.45) is 0 Å². The summed E-state index contributed by atoms with van der Waals surface area (Å²) in [6.45, 7) is 10.9. The number of amides is 1. The fourth-order valence-corrected chi connectivity index (χ4v) is 3.35. The molecule has 2 rings (SSSR count). The number of hydrogen-bond acceptors (Lipinski definition) is 5. The Labute approximate surface area is 137 Å². The molecule has 2 aliphatic rings. The Morgan fingerprint density at radius 3 is 2.48 bits per heavy atom. The van der Waals surface area contributed by atoms with Crippen LogP contribution >= 0.6 is 0 Å². The van der Waals surface area contributed by atoms with Gasteiger partial charge in [0.2, 0.25) is 0 Å². The summed E-state index contributed by atoms with van der Waals surface area (Å²) in [6.07, 6.45) is 0.339. The largest absolute Gasteiger partial charge is 0.479 e. The van der Waals surface area contributed by atoms with Crippen LogP contribution in [0.3, 0.4) is 0 Å². The van der Waals surface area contributed by atoms with E-state index in [0.29, 0.717) is 19.7 Å². The van der Waals surface area contributed by atoms with Crippen LogP contribution in [-0.2, 0) is 14.3 Å². The third kappa shape index (κ3) is 3.77. The van der Waals surface area contributed by atoms with Crippen LogP contribution in [-0.4, -0.2) is 76.5 Å². The van der Waals surface area contributed by atoms with Crippen molar-refractivity contribution >= 4 is 12.1 Å². The van der Waals surface area contributed by atoms with Crippen LogP contribution in [0, 0.1) is 0 Å². The first-order valence-electron chi connectivity index (χ1n) is 8.16. The fourth-order valence-electron chi connectivity index (χ4n) is 3.35. The van der Waals surface area contributed by atoms with Crippen LogP contribution in [0.4, 0.5) is 4.79 Å². The summed E-state index contributed by atoms with van der Waals surface area (Å²) in [4.78, 5) is 27.9. The zero-order valence-corrected chi connectivity index (χ0v) is 14.7. The number of carbonyl (C=O) groups is 2. The quantitative estimate of drug-likeness (QED) is 0.847. The second-order valence-corrected chi connectivity index (χ2v) is 7.57. The summed E-state index contributed by atoms with van der Waals surface area (Å²) in [5.74, 6) is -1.01. The Hall–Kier alpha value is -1.34. The minimum Gasteiger partial charge on any atom is -0.479 e. The molecule has 2 fully saturated rings. The molecule has 2 heterocycles. The number of fused-ring (bicyclic) bond motifs is 1. The lowest BCUT2D eigenvalue weighted by atomic mass is 9.94. The molecule has 0 aliphatic carbocycles. The number of carboxylic acids is 1. The van der Waals surface area contributed by atoms with Crippen LogP contribution < -0.4 is 0 Å². The standard InChI is InChI=1S/C16H28N2O5/c1-6-22-12-7-11-8-18(14(21)23-15(2,3)4)16(5,13(19)20)10-17(11)9-12/h11-12H,6-10H2,1-5H3,(H,19,20)/t11-,12-,16+/m1/s1. The second kappa shape index (κ2) is 6.28. The molecule has 0 aromatic carbocycles. The number of piperazine rings is 1. The van der Waals surface area contributed by atoms with Crippen LogP contribution in [0.5, 0.6) is 0 Å². The van der Waals surface area contributed by atoms with Crippen LogP contribution in [0.15, 0.2) is 0 Å². The van der Waals surface area contributed by atoms with E-state index in [4.69, 9.17) is 9.47 Å². The van der Waals surface area contributed by atoms with E-state index in [0.717, 1.165) is 6.42 Å². The Morgan fingerprint density at radius 2 is 1.96 bits per heavy atom. The molecule has 0 aromatic rings. The molecule has 0 aromatic heterocycles. The molecule has 0 saturated carbocycles. The van der Waals surface area contributed by atoms with Crippen molar-refractivity contribution in [1.29, 1.82) is 0 Å². The highest BCUT2D eigenvalue weighted by Gasteiger charge is 2.53. The number of ether oxygens (including phenoxy) is 2. The Bertz CT molecular complexity index is 476. The van der Waals surface area contributed by atoms with Crippen molar-refractivity contribution in [1.82, 2.24) is 9.80 Å². The molecule has 132 valence electrons. The summed E-state index contributed by atoms with van der Waals surface area (Å²) in [6, 6.07) is 0.117. The molecule has 2 aliphatic heterocycles. The number of aliphatic carboxylic acids is 1. The predicted octanol–water partition coefficient (Wildman–Crippen LogP) is 1.56. The molecule has 1 amide bonds. The first-order valence-corrected chi connectivity index (χ1v) is 8.16. The van der Waals surface area contributed by atoms with Gasteiger partial charge in [-0.1, -0.05) is 0 Å². The van der Waals surface area contributed by atoms with Gasteiger partial charge in [-0.3, -0.25) is 9.80 Å². The SMILES string of the molecule is CCO[C@@H]1C[C@@H]2CN(C(=O)OC(C)(C)C)[C@](C)(C(=O)O)CN2C1. The van der Waals surface area contributed by atoms with Gasteiger partial charge in [0.15, 0.2) is 5.54 Å². The molecule has 0 unspecified atom stereocenters. The van der Waals surface area contributed by atoms with Gasteiger partial charge >= 0.3 is 12.1 Å². The molecule has 0 spiro atoms. The smallest absolute Gasteiger partial charge is 0.411 e. The lowest BCUT2D eigenvalue weighted by molar-refractivity contribution is -0.155. The van der Waals surface area contributed by atoms with E-state index < -0.39 is 23.2 Å². The monoisotopic (exact) mass is 328 g/mol. The topological polar surface area (TPSA) is 79.3 Å². The van der Waals surface area contributed by atoms with Crippen molar-refractivity contribution < 1.29 is 24.2 Å². The number of carbonyl (C=O) groups excluding carboxylic acids is 1. The zero-order valence-electron chi connectivity index (χ0n) is 14.7. The molecule has 1 N–H and O–H groups in total. The van der Waals surface area contributed by atoms with E-state index in [9.17, 15) is 14.7 Å². The average Bonchev–Trinajstić information content (AvgIpc) is 2.76. The lowest BCUT2D eigenvalue weighted by Crippen LogP contribution is -2.68. The molecular weight excluding hydrogens is 300 g/mol. The Morgan fingerprint density at radius 1 is 1.30 bits per heavy atom. The third-order valence-corrected chi connectivity index (χ3v) is 4.47. The molecule has 23 heavy (non-hydrogen) atoms. The third-order valence-electron chi connectivity index (χ3n) is 4.47. The van der Waals surface area contributed by atoms with E-state index in [1.54, 1.807) is 27.7 Å². The van der Waals surface area contributed by atoms with Crippen LogP contribution in [0.2, 0.25) is 0 Å². The Balaban J connectivity index is 2.19. The molecule has 3 atom stereocenters. The summed E-state index contributed by atoms with van der Waals surface area (Å²) in [5, 5.41) is 9.70. The van der Waals surface area contributed by atoms with E-state index in [2.05, 4.69) is 4.90 Å². The van der Waals surface area contributed by atoms with Gasteiger partial charge in [-0.2, -0.15) is 0 Å². The van der Waals surface area contributed by atoms with E-state index >= 15 is 0 Å². The maximum absolute atomic E-state index is 12.5. The van der Waals surface area contributed by atoms with Gasteiger partial charge in [0.25, 0.3) is 0 Å². The molecular formula is C16H28N2O5.